The number of nitrogen functional groups attached to an aromatic ring is 1. The molecule has 0 aromatic carbocycles. The molecule has 236 valence electrons. The molecule has 45 heavy (non-hydrogen) atoms. The summed E-state index contributed by atoms with van der Waals surface area (Å²) in [6.07, 6.45) is 7.53. The number of unbranched alkanes of at least 4 members (excludes halogenated alkanes) is 1. The van der Waals surface area contributed by atoms with Gasteiger partial charge >= 0.3 is 0 Å². The Hall–Kier alpha value is -4.61. The third kappa shape index (κ3) is 6.05. The fraction of sp³-hybridized carbons (Fsp3) is 0.452. The molecule has 0 spiro atoms. The molecule has 13 nitrogen and oxygen atoms in total. The minimum Gasteiger partial charge on any atom is -0.389 e. The van der Waals surface area contributed by atoms with Crippen LogP contribution in [0.1, 0.15) is 73.4 Å². The third-order valence-corrected chi connectivity index (χ3v) is 9.11. The number of fused-ring (bicyclic) bond motifs is 1. The summed E-state index contributed by atoms with van der Waals surface area (Å²) in [5.41, 5.74) is 9.59. The molecule has 0 fully saturated rings. The van der Waals surface area contributed by atoms with Crippen molar-refractivity contribution >= 4 is 33.3 Å². The molecule has 1 atom stereocenters. The van der Waals surface area contributed by atoms with E-state index in [1.165, 1.54) is 11.3 Å². The van der Waals surface area contributed by atoms with Gasteiger partial charge in [-0.1, -0.05) is 38.8 Å². The number of likely N-dealkylation sites (N-methyl/N-ethyl adjacent to an activating group) is 1. The summed E-state index contributed by atoms with van der Waals surface area (Å²) in [6, 6.07) is 4.11. The first-order valence-corrected chi connectivity index (χ1v) is 16.1. The fourth-order valence-electron chi connectivity index (χ4n) is 5.27. The molecule has 3 N–H and O–H groups in total. The van der Waals surface area contributed by atoms with E-state index in [9.17, 15) is 10.1 Å². The summed E-state index contributed by atoms with van der Waals surface area (Å²) in [4.78, 5) is 25.5. The topological polar surface area (TPSA) is 170 Å². The largest absolute Gasteiger partial charge is 0.389 e. The molecule has 5 rings (SSSR count). The summed E-state index contributed by atoms with van der Waals surface area (Å²) >= 11 is 1.42. The van der Waals surface area contributed by atoms with Crippen LogP contribution in [0.15, 0.2) is 23.0 Å². The molecule has 0 aliphatic heterocycles. The Morgan fingerprint density at radius 3 is 2.73 bits per heavy atom. The van der Waals surface area contributed by atoms with E-state index in [0.29, 0.717) is 63.2 Å². The molecule has 0 aliphatic rings. The number of amides is 1. The van der Waals surface area contributed by atoms with E-state index in [1.807, 2.05) is 4.68 Å². The molecule has 0 saturated heterocycles. The zero-order valence-corrected chi connectivity index (χ0v) is 27.4. The van der Waals surface area contributed by atoms with Crippen LogP contribution in [0.4, 0.5) is 5.00 Å². The number of nitrogens with zero attached hydrogens (tertiary/aromatic N) is 9. The Labute approximate surface area is 266 Å². The van der Waals surface area contributed by atoms with Gasteiger partial charge in [0.15, 0.2) is 34.4 Å². The van der Waals surface area contributed by atoms with Gasteiger partial charge in [0.2, 0.25) is 0 Å². The number of aromatic nitrogens is 7. The molecular weight excluding hydrogens is 590 g/mol. The standard InChI is InChI=1S/C31H39N11O2S/c1-7-10-12-19-25(39-44-26(19)24-20(15-32)27(33)45-23(24)11-8-2)28-36-29(41-14-13-22(38-41)31(43)34-5)21-16-35-42(30(21)37-28)17-18(4)40(6)9-3/h13-14,16,18H,7-12,17,33H2,1-6H3,(H,34,43). The molecule has 1 unspecified atom stereocenters. The highest BCUT2D eigenvalue weighted by molar-refractivity contribution is 7.16. The lowest BCUT2D eigenvalue weighted by Gasteiger charge is -2.22. The first-order chi connectivity index (χ1) is 21.8. The lowest BCUT2D eigenvalue weighted by molar-refractivity contribution is 0.0957. The summed E-state index contributed by atoms with van der Waals surface area (Å²) in [7, 11) is 3.63. The lowest BCUT2D eigenvalue weighted by atomic mass is 9.98. The maximum atomic E-state index is 12.3. The van der Waals surface area contributed by atoms with Gasteiger partial charge in [-0.25, -0.2) is 19.3 Å². The highest BCUT2D eigenvalue weighted by Crippen LogP contribution is 2.43. The van der Waals surface area contributed by atoms with Gasteiger partial charge in [-0.3, -0.25) is 4.79 Å². The van der Waals surface area contributed by atoms with Crippen LogP contribution in [0.25, 0.3) is 39.7 Å². The van der Waals surface area contributed by atoms with E-state index >= 15 is 0 Å². The van der Waals surface area contributed by atoms with Gasteiger partial charge in [-0.15, -0.1) is 11.3 Å². The van der Waals surface area contributed by atoms with E-state index < -0.39 is 0 Å². The van der Waals surface area contributed by atoms with Crippen molar-refractivity contribution in [2.24, 2.45) is 0 Å². The lowest BCUT2D eigenvalue weighted by Crippen LogP contribution is -2.32. The highest BCUT2D eigenvalue weighted by Gasteiger charge is 2.29. The predicted octanol–water partition coefficient (Wildman–Crippen LogP) is 4.84. The van der Waals surface area contributed by atoms with Crippen molar-refractivity contribution in [3.63, 3.8) is 0 Å². The van der Waals surface area contributed by atoms with Gasteiger partial charge in [0.1, 0.15) is 11.1 Å². The van der Waals surface area contributed by atoms with Gasteiger partial charge in [-0.2, -0.15) is 15.5 Å². The second kappa shape index (κ2) is 13.6. The van der Waals surface area contributed by atoms with Crippen LogP contribution in [0, 0.1) is 11.3 Å². The Morgan fingerprint density at radius 2 is 2.04 bits per heavy atom. The van der Waals surface area contributed by atoms with Crippen LogP contribution in [-0.4, -0.2) is 72.2 Å². The zero-order valence-electron chi connectivity index (χ0n) is 26.6. The Kier molecular flexibility index (Phi) is 9.60. The minimum atomic E-state index is -0.305. The summed E-state index contributed by atoms with van der Waals surface area (Å²) in [5.74, 6) is 1.03. The molecule has 5 aromatic heterocycles. The quantitative estimate of drug-likeness (QED) is 0.184. The number of carbonyl (C=O) groups excluding carboxylic acids is 1. The number of nitrogens with one attached hydrogen (secondary N) is 1. The number of nitrogens with two attached hydrogens (primary N) is 1. The number of carbonyl (C=O) groups is 1. The maximum Gasteiger partial charge on any atom is 0.271 e. The first-order valence-electron chi connectivity index (χ1n) is 15.3. The molecule has 5 aromatic rings. The van der Waals surface area contributed by atoms with Crippen LogP contribution >= 0.6 is 11.3 Å². The Bertz CT molecular complexity index is 1860. The molecule has 0 saturated carbocycles. The maximum absolute atomic E-state index is 12.3. The van der Waals surface area contributed by atoms with Crippen molar-refractivity contribution in [3.05, 3.63) is 40.2 Å². The van der Waals surface area contributed by atoms with Crippen molar-refractivity contribution in [2.45, 2.75) is 72.4 Å². The van der Waals surface area contributed by atoms with Crippen molar-refractivity contribution in [2.75, 3.05) is 26.4 Å². The van der Waals surface area contributed by atoms with Crippen LogP contribution in [0.2, 0.25) is 0 Å². The van der Waals surface area contributed by atoms with E-state index in [2.05, 4.69) is 66.4 Å². The van der Waals surface area contributed by atoms with Gasteiger partial charge < -0.3 is 20.5 Å². The number of anilines is 1. The average molecular weight is 630 g/mol. The van der Waals surface area contributed by atoms with E-state index in [0.717, 1.165) is 42.7 Å². The number of hydrogen-bond acceptors (Lipinski definition) is 11. The minimum absolute atomic E-state index is 0.189. The van der Waals surface area contributed by atoms with Crippen molar-refractivity contribution in [1.82, 2.24) is 44.9 Å². The monoisotopic (exact) mass is 629 g/mol. The van der Waals surface area contributed by atoms with Crippen LogP contribution in [0.5, 0.6) is 0 Å². The summed E-state index contributed by atoms with van der Waals surface area (Å²) in [6.45, 7) is 9.95. The third-order valence-electron chi connectivity index (χ3n) is 8.03. The molecular formula is C31H39N11O2S. The summed E-state index contributed by atoms with van der Waals surface area (Å²) in [5, 5.41) is 27.5. The molecule has 14 heteroatoms. The fourth-order valence-corrected chi connectivity index (χ4v) is 6.38. The predicted molar refractivity (Wildman–Crippen MR) is 174 cm³/mol. The van der Waals surface area contributed by atoms with E-state index in [-0.39, 0.29) is 17.6 Å². The highest BCUT2D eigenvalue weighted by atomic mass is 32.1. The Balaban J connectivity index is 1.74. The van der Waals surface area contributed by atoms with Crippen molar-refractivity contribution < 1.29 is 9.32 Å². The smallest absolute Gasteiger partial charge is 0.271 e. The molecule has 5 heterocycles. The number of thiophene rings is 1. The van der Waals surface area contributed by atoms with Gasteiger partial charge in [0, 0.05) is 29.7 Å². The number of hydrogen-bond donors (Lipinski definition) is 2. The van der Waals surface area contributed by atoms with Crippen LogP contribution < -0.4 is 11.1 Å². The second-order valence-corrected chi connectivity index (χ2v) is 12.2. The summed E-state index contributed by atoms with van der Waals surface area (Å²) < 4.78 is 9.50. The average Bonchev–Trinajstić information content (AvgIpc) is 3.84. The zero-order chi connectivity index (χ0) is 32.2. The number of nitriles is 1. The number of rotatable bonds is 13. The first kappa shape index (κ1) is 31.8. The van der Waals surface area contributed by atoms with Gasteiger partial charge in [0.25, 0.3) is 5.91 Å². The Morgan fingerprint density at radius 1 is 1.24 bits per heavy atom. The molecule has 0 aliphatic carbocycles. The number of aryl methyl sites for hydroxylation is 1. The van der Waals surface area contributed by atoms with E-state index in [1.54, 1.807) is 30.2 Å². The molecule has 1 amide bonds. The van der Waals surface area contributed by atoms with Gasteiger partial charge in [-0.05, 0) is 45.8 Å². The van der Waals surface area contributed by atoms with Crippen molar-refractivity contribution in [1.29, 1.82) is 5.26 Å². The van der Waals surface area contributed by atoms with Gasteiger partial charge in [0.05, 0.1) is 29.3 Å². The molecule has 0 bridgehead atoms. The normalized spacial score (nSPS) is 12.2. The van der Waals surface area contributed by atoms with E-state index in [4.69, 9.17) is 20.2 Å². The van der Waals surface area contributed by atoms with Crippen molar-refractivity contribution in [3.8, 4) is 34.7 Å². The van der Waals surface area contributed by atoms with Crippen LogP contribution in [-0.2, 0) is 19.4 Å². The van der Waals surface area contributed by atoms with Crippen LogP contribution in [0.3, 0.4) is 0 Å². The molecule has 0 radical (unpaired) electrons. The SMILES string of the molecule is CCCCc1c(-c2nc(-n3ccc(C(=O)NC)n3)c3cnn(CC(C)N(C)CC)c3n2)noc1-c1c(CCC)sc(N)c1C#N. The second-order valence-electron chi connectivity index (χ2n) is 11.0.